The molecule has 8 aliphatic rings. The van der Waals surface area contributed by atoms with E-state index < -0.39 is 0 Å². The van der Waals surface area contributed by atoms with Crippen LogP contribution in [0.5, 0.6) is 0 Å². The third kappa shape index (κ3) is 6.42. The molecule has 2 saturated carbocycles. The summed E-state index contributed by atoms with van der Waals surface area (Å²) in [5, 5.41) is 10.1. The third-order valence-electron chi connectivity index (χ3n) is 14.5. The van der Waals surface area contributed by atoms with E-state index in [1.807, 2.05) is 0 Å². The van der Waals surface area contributed by atoms with Crippen LogP contribution >= 0.6 is 0 Å². The summed E-state index contributed by atoms with van der Waals surface area (Å²) in [7, 11) is 0. The second-order valence-corrected chi connectivity index (χ2v) is 17.0. The van der Waals surface area contributed by atoms with Gasteiger partial charge in [-0.15, -0.1) is 0 Å². The summed E-state index contributed by atoms with van der Waals surface area (Å²) in [6.07, 6.45) is 46.4. The first-order valence-corrected chi connectivity index (χ1v) is 20.6. The van der Waals surface area contributed by atoms with Gasteiger partial charge in [0.1, 0.15) is 0 Å². The van der Waals surface area contributed by atoms with E-state index in [0.29, 0.717) is 53.6 Å². The maximum Gasteiger partial charge on any atom is 0.0812 e. The largest absolute Gasteiger partial charge is 0.352 e. The average molecular weight is 659 g/mol. The number of nitriles is 1. The number of hydrogen-bond acceptors (Lipinski definition) is 4. The number of nitrogens with zero attached hydrogens (tertiary/aromatic N) is 3. The summed E-state index contributed by atoms with van der Waals surface area (Å²) in [4.78, 5) is 5.64. The SMILES string of the molecule is CCCC1CCCC2=C1N(C(N)C/C(=C\CN1C3C=CC=CC3C3CCCCC31)C1CCCC(C3CC=CCC3C#N)C1)C1C=CC=CC21. The number of likely N-dealkylation sites (tertiary alicyclic amines) is 1. The summed E-state index contributed by atoms with van der Waals surface area (Å²) in [6.45, 7) is 3.41. The Morgan fingerprint density at radius 2 is 1.73 bits per heavy atom. The van der Waals surface area contributed by atoms with Gasteiger partial charge in [0.2, 0.25) is 0 Å². The van der Waals surface area contributed by atoms with Crippen LogP contribution in [0.3, 0.4) is 0 Å². The number of allylic oxidation sites excluding steroid dienone is 7. The second-order valence-electron chi connectivity index (χ2n) is 17.0. The van der Waals surface area contributed by atoms with Crippen molar-refractivity contribution in [2.45, 2.75) is 134 Å². The van der Waals surface area contributed by atoms with Gasteiger partial charge in [-0.3, -0.25) is 4.90 Å². The smallest absolute Gasteiger partial charge is 0.0812 e. The Kier molecular flexibility index (Phi) is 10.2. The Morgan fingerprint density at radius 3 is 2.61 bits per heavy atom. The molecule has 0 aromatic heterocycles. The van der Waals surface area contributed by atoms with Gasteiger partial charge in [-0.2, -0.15) is 5.26 Å². The van der Waals surface area contributed by atoms with Gasteiger partial charge in [0, 0.05) is 42.6 Å². The number of nitrogens with two attached hydrogens (primary N) is 1. The molecule has 4 nitrogen and oxygen atoms in total. The quantitative estimate of drug-likeness (QED) is 0.251. The van der Waals surface area contributed by atoms with Crippen LogP contribution in [0.15, 0.2) is 83.7 Å². The topological polar surface area (TPSA) is 56.3 Å². The molecule has 0 aromatic rings. The maximum atomic E-state index is 10.1. The van der Waals surface area contributed by atoms with Gasteiger partial charge in [0.25, 0.3) is 0 Å². The Balaban J connectivity index is 1.10. The number of fused-ring (bicyclic) bond motifs is 5. The predicted molar refractivity (Wildman–Crippen MR) is 202 cm³/mol. The van der Waals surface area contributed by atoms with E-state index in [-0.39, 0.29) is 12.1 Å². The molecular weight excluding hydrogens is 597 g/mol. The highest BCUT2D eigenvalue weighted by Gasteiger charge is 2.48. The van der Waals surface area contributed by atoms with Crippen LogP contribution in [0.1, 0.15) is 110 Å². The molecule has 12 unspecified atom stereocenters. The van der Waals surface area contributed by atoms with Crippen molar-refractivity contribution in [2.75, 3.05) is 6.54 Å². The second kappa shape index (κ2) is 14.9. The maximum absolute atomic E-state index is 10.1. The van der Waals surface area contributed by atoms with E-state index in [1.165, 1.54) is 83.5 Å². The highest BCUT2D eigenvalue weighted by molar-refractivity contribution is 5.39. The molecule has 3 fully saturated rings. The fourth-order valence-electron chi connectivity index (χ4n) is 12.4. The first-order chi connectivity index (χ1) is 24.2. The van der Waals surface area contributed by atoms with E-state index in [1.54, 1.807) is 16.8 Å². The van der Waals surface area contributed by atoms with Crippen LogP contribution in [0.2, 0.25) is 0 Å². The molecule has 12 atom stereocenters. The molecule has 0 aromatic carbocycles. The molecule has 49 heavy (non-hydrogen) atoms. The van der Waals surface area contributed by atoms with Crippen LogP contribution < -0.4 is 5.73 Å². The third-order valence-corrected chi connectivity index (χ3v) is 14.5. The van der Waals surface area contributed by atoms with Gasteiger partial charge in [0.05, 0.1) is 24.2 Å². The van der Waals surface area contributed by atoms with E-state index in [0.717, 1.165) is 31.7 Å². The van der Waals surface area contributed by atoms with Gasteiger partial charge < -0.3 is 10.6 Å². The van der Waals surface area contributed by atoms with Crippen molar-refractivity contribution < 1.29 is 0 Å². The zero-order valence-corrected chi connectivity index (χ0v) is 30.2. The van der Waals surface area contributed by atoms with E-state index >= 15 is 0 Å². The monoisotopic (exact) mass is 658 g/mol. The Labute approximate surface area is 297 Å². The Bertz CT molecular complexity index is 1450. The van der Waals surface area contributed by atoms with Gasteiger partial charge in [-0.05, 0) is 99.4 Å². The zero-order chi connectivity index (χ0) is 33.3. The van der Waals surface area contributed by atoms with Gasteiger partial charge in [-0.25, -0.2) is 0 Å². The lowest BCUT2D eigenvalue weighted by Crippen LogP contribution is -2.48. The highest BCUT2D eigenvalue weighted by Crippen LogP contribution is 2.51. The average Bonchev–Trinajstić information content (AvgIpc) is 3.67. The molecule has 262 valence electrons. The fourth-order valence-corrected chi connectivity index (χ4v) is 12.4. The van der Waals surface area contributed by atoms with Gasteiger partial charge in [0.15, 0.2) is 0 Å². The molecule has 2 aliphatic heterocycles. The van der Waals surface area contributed by atoms with Crippen molar-refractivity contribution in [3.05, 3.63) is 83.7 Å². The minimum Gasteiger partial charge on any atom is -0.352 e. The molecule has 6 aliphatic carbocycles. The van der Waals surface area contributed by atoms with Crippen molar-refractivity contribution in [3.8, 4) is 6.07 Å². The van der Waals surface area contributed by atoms with Crippen molar-refractivity contribution in [1.29, 1.82) is 5.26 Å². The minimum absolute atomic E-state index is 0.00373. The molecular formula is C45H62N4. The first-order valence-electron chi connectivity index (χ1n) is 20.6. The molecule has 2 heterocycles. The summed E-state index contributed by atoms with van der Waals surface area (Å²) in [6, 6.07) is 4.33. The van der Waals surface area contributed by atoms with Crippen molar-refractivity contribution >= 4 is 0 Å². The molecule has 1 saturated heterocycles. The van der Waals surface area contributed by atoms with Crippen molar-refractivity contribution in [2.24, 2.45) is 53.1 Å². The van der Waals surface area contributed by atoms with Gasteiger partial charge in [-0.1, -0.05) is 111 Å². The fraction of sp³-hybridized carbons (Fsp3) is 0.667. The van der Waals surface area contributed by atoms with Crippen molar-refractivity contribution in [3.63, 3.8) is 0 Å². The molecule has 4 heteroatoms. The van der Waals surface area contributed by atoms with E-state index in [2.05, 4.69) is 89.6 Å². The normalized spacial score (nSPS) is 40.6. The van der Waals surface area contributed by atoms with Crippen LogP contribution in [-0.4, -0.2) is 40.6 Å². The zero-order valence-electron chi connectivity index (χ0n) is 30.2. The van der Waals surface area contributed by atoms with Crippen LogP contribution in [0.4, 0.5) is 0 Å². The Morgan fingerprint density at radius 1 is 0.918 bits per heavy atom. The Hall–Kier alpha value is -2.61. The number of rotatable bonds is 9. The lowest BCUT2D eigenvalue weighted by Gasteiger charge is -2.42. The first kappa shape index (κ1) is 33.5. The minimum atomic E-state index is -0.00373. The van der Waals surface area contributed by atoms with Crippen LogP contribution in [0, 0.1) is 58.7 Å². The molecule has 2 N–H and O–H groups in total. The van der Waals surface area contributed by atoms with Crippen molar-refractivity contribution in [1.82, 2.24) is 9.80 Å². The van der Waals surface area contributed by atoms with Gasteiger partial charge >= 0.3 is 0 Å². The molecule has 0 amide bonds. The van der Waals surface area contributed by atoms with E-state index in [4.69, 9.17) is 5.73 Å². The van der Waals surface area contributed by atoms with E-state index in [9.17, 15) is 5.26 Å². The summed E-state index contributed by atoms with van der Waals surface area (Å²) in [5.41, 5.74) is 12.5. The predicted octanol–water partition coefficient (Wildman–Crippen LogP) is 9.77. The summed E-state index contributed by atoms with van der Waals surface area (Å²) < 4.78 is 0. The molecule has 0 bridgehead atoms. The molecule has 0 spiro atoms. The summed E-state index contributed by atoms with van der Waals surface area (Å²) >= 11 is 0. The summed E-state index contributed by atoms with van der Waals surface area (Å²) in [5.74, 6) is 4.53. The molecule has 0 radical (unpaired) electrons. The molecule has 8 rings (SSSR count). The lowest BCUT2D eigenvalue weighted by molar-refractivity contribution is 0.159. The van der Waals surface area contributed by atoms with Crippen LogP contribution in [0.25, 0.3) is 0 Å². The van der Waals surface area contributed by atoms with Crippen LogP contribution in [-0.2, 0) is 0 Å². The number of hydrogen-bond donors (Lipinski definition) is 1. The lowest BCUT2D eigenvalue weighted by atomic mass is 9.66. The highest BCUT2D eigenvalue weighted by atomic mass is 15.3. The standard InChI is InChI=1S/C45H62N4/c1-2-13-31-15-12-22-40-39-21-7-10-25-43(39)49(45(31)40)44(47)29-33(32-16-11-17-34(28-32)36-18-4-3-14-35(36)30-46)26-27-48-41-23-8-5-19-37(41)38-20-6-9-24-42(38)48/h3-5,7-8,10,19,21,23,25-26,31-32,34-39,41-44H,2,6,9,11-18,20,22,24,27-29,47H2,1H3/b33-26+.